The Hall–Kier alpha value is -1.39. The van der Waals surface area contributed by atoms with Gasteiger partial charge in [0, 0.05) is 12.6 Å². The number of ketones is 1. The molecule has 0 aromatic heterocycles. The molecule has 1 fully saturated rings. The molecule has 0 heterocycles. The molecule has 0 bridgehead atoms. The minimum Gasteiger partial charge on any atom is -0.496 e. The van der Waals surface area contributed by atoms with Gasteiger partial charge in [0.25, 0.3) is 0 Å². The SMILES string of the molecule is COc1cc(C)ccc1C(=O)CN(CCO)C1CCC1. The molecule has 0 radical (unpaired) electrons. The Kier molecular flexibility index (Phi) is 5.15. The van der Waals surface area contributed by atoms with E-state index < -0.39 is 0 Å². The summed E-state index contributed by atoms with van der Waals surface area (Å²) >= 11 is 0. The molecule has 0 saturated heterocycles. The molecule has 1 saturated carbocycles. The second kappa shape index (κ2) is 6.86. The fourth-order valence-corrected chi connectivity index (χ4v) is 2.57. The zero-order valence-electron chi connectivity index (χ0n) is 12.3. The van der Waals surface area contributed by atoms with Crippen molar-refractivity contribution >= 4 is 5.78 Å². The predicted octanol–water partition coefficient (Wildman–Crippen LogP) is 2.03. The van der Waals surface area contributed by atoms with Crippen LogP contribution in [-0.2, 0) is 0 Å². The number of Topliss-reactive ketones (excluding diaryl/α,β-unsaturated/α-hetero) is 1. The topological polar surface area (TPSA) is 49.8 Å². The van der Waals surface area contributed by atoms with Gasteiger partial charge in [0.05, 0.1) is 25.8 Å². The Bertz CT molecular complexity index is 469. The van der Waals surface area contributed by atoms with Gasteiger partial charge in [0.15, 0.2) is 5.78 Å². The average molecular weight is 277 g/mol. The first kappa shape index (κ1) is 15.0. The van der Waals surface area contributed by atoms with Crippen molar-refractivity contribution in [1.82, 2.24) is 4.90 Å². The van der Waals surface area contributed by atoms with Crippen molar-refractivity contribution in [3.63, 3.8) is 0 Å². The zero-order valence-corrected chi connectivity index (χ0v) is 12.3. The Morgan fingerprint density at radius 1 is 1.45 bits per heavy atom. The second-order valence-electron chi connectivity index (χ2n) is 5.41. The third-order valence-electron chi connectivity index (χ3n) is 3.98. The number of aryl methyl sites for hydroxylation is 1. The molecule has 4 heteroatoms. The van der Waals surface area contributed by atoms with E-state index in [2.05, 4.69) is 4.90 Å². The fourth-order valence-electron chi connectivity index (χ4n) is 2.57. The standard InChI is InChI=1S/C16H23NO3/c1-12-6-7-14(16(10-12)20-2)15(19)11-17(8-9-18)13-4-3-5-13/h6-7,10,13,18H,3-5,8-9,11H2,1-2H3. The highest BCUT2D eigenvalue weighted by Gasteiger charge is 2.27. The number of nitrogens with zero attached hydrogens (tertiary/aromatic N) is 1. The van der Waals surface area contributed by atoms with E-state index >= 15 is 0 Å². The van der Waals surface area contributed by atoms with E-state index in [0.717, 1.165) is 18.4 Å². The van der Waals surface area contributed by atoms with Crippen LogP contribution in [-0.4, -0.2) is 48.6 Å². The molecule has 1 aliphatic carbocycles. The summed E-state index contributed by atoms with van der Waals surface area (Å²) in [5, 5.41) is 9.15. The molecule has 2 rings (SSSR count). The highest BCUT2D eigenvalue weighted by atomic mass is 16.5. The normalized spacial score (nSPS) is 15.2. The molecular weight excluding hydrogens is 254 g/mol. The van der Waals surface area contributed by atoms with Gasteiger partial charge in [-0.1, -0.05) is 12.5 Å². The van der Waals surface area contributed by atoms with Gasteiger partial charge in [-0.05, 0) is 37.5 Å². The van der Waals surface area contributed by atoms with Crippen molar-refractivity contribution in [2.75, 3.05) is 26.8 Å². The van der Waals surface area contributed by atoms with Crippen LogP contribution in [0.25, 0.3) is 0 Å². The maximum atomic E-state index is 12.5. The molecular formula is C16H23NO3. The molecule has 0 amide bonds. The maximum absolute atomic E-state index is 12.5. The summed E-state index contributed by atoms with van der Waals surface area (Å²) in [7, 11) is 1.59. The largest absolute Gasteiger partial charge is 0.496 e. The summed E-state index contributed by atoms with van der Waals surface area (Å²) in [5.41, 5.74) is 1.70. The van der Waals surface area contributed by atoms with E-state index in [1.165, 1.54) is 6.42 Å². The van der Waals surface area contributed by atoms with Crippen LogP contribution in [0.2, 0.25) is 0 Å². The maximum Gasteiger partial charge on any atom is 0.180 e. The third kappa shape index (κ3) is 3.38. The molecule has 0 atom stereocenters. The Balaban J connectivity index is 2.09. The Labute approximate surface area is 120 Å². The van der Waals surface area contributed by atoms with E-state index in [4.69, 9.17) is 9.84 Å². The van der Waals surface area contributed by atoms with Crippen LogP contribution in [0.4, 0.5) is 0 Å². The molecule has 110 valence electrons. The average Bonchev–Trinajstić information content (AvgIpc) is 2.36. The van der Waals surface area contributed by atoms with Crippen molar-refractivity contribution in [2.45, 2.75) is 32.2 Å². The van der Waals surface area contributed by atoms with Gasteiger partial charge in [-0.25, -0.2) is 0 Å². The zero-order chi connectivity index (χ0) is 14.5. The van der Waals surface area contributed by atoms with E-state index in [1.807, 2.05) is 25.1 Å². The van der Waals surface area contributed by atoms with Gasteiger partial charge < -0.3 is 9.84 Å². The van der Waals surface area contributed by atoms with Crippen molar-refractivity contribution in [3.8, 4) is 5.75 Å². The minimum absolute atomic E-state index is 0.0576. The molecule has 1 aromatic rings. The molecule has 4 nitrogen and oxygen atoms in total. The summed E-state index contributed by atoms with van der Waals surface area (Å²) < 4.78 is 5.30. The first-order valence-corrected chi connectivity index (χ1v) is 7.18. The first-order valence-electron chi connectivity index (χ1n) is 7.18. The van der Waals surface area contributed by atoms with E-state index in [0.29, 0.717) is 30.4 Å². The minimum atomic E-state index is 0.0576. The molecule has 1 aromatic carbocycles. The van der Waals surface area contributed by atoms with Crippen LogP contribution in [0.5, 0.6) is 5.75 Å². The van der Waals surface area contributed by atoms with Gasteiger partial charge in [-0.15, -0.1) is 0 Å². The lowest BCUT2D eigenvalue weighted by Crippen LogP contribution is -2.44. The van der Waals surface area contributed by atoms with Crippen LogP contribution in [0.1, 0.15) is 35.2 Å². The number of hydrogen-bond donors (Lipinski definition) is 1. The van der Waals surface area contributed by atoms with E-state index in [-0.39, 0.29) is 12.4 Å². The van der Waals surface area contributed by atoms with Gasteiger partial charge >= 0.3 is 0 Å². The van der Waals surface area contributed by atoms with Crippen LogP contribution in [0.15, 0.2) is 18.2 Å². The van der Waals surface area contributed by atoms with Crippen LogP contribution in [0, 0.1) is 6.92 Å². The number of methoxy groups -OCH3 is 1. The fraction of sp³-hybridized carbons (Fsp3) is 0.562. The summed E-state index contributed by atoms with van der Waals surface area (Å²) in [5.74, 6) is 0.690. The first-order chi connectivity index (χ1) is 9.65. The molecule has 20 heavy (non-hydrogen) atoms. The lowest BCUT2D eigenvalue weighted by molar-refractivity contribution is 0.0745. The van der Waals surface area contributed by atoms with Gasteiger partial charge in [-0.3, -0.25) is 9.69 Å². The molecule has 1 aliphatic rings. The molecule has 0 spiro atoms. The van der Waals surface area contributed by atoms with E-state index in [1.54, 1.807) is 7.11 Å². The van der Waals surface area contributed by atoms with Crippen molar-refractivity contribution < 1.29 is 14.6 Å². The number of aliphatic hydroxyl groups excluding tert-OH is 1. The number of hydrogen-bond acceptors (Lipinski definition) is 4. The molecule has 0 aliphatic heterocycles. The van der Waals surface area contributed by atoms with Crippen LogP contribution < -0.4 is 4.74 Å². The number of rotatable bonds is 7. The summed E-state index contributed by atoms with van der Waals surface area (Å²) in [6, 6.07) is 6.08. The van der Waals surface area contributed by atoms with Crippen LogP contribution >= 0.6 is 0 Å². The van der Waals surface area contributed by atoms with Gasteiger partial charge in [0.1, 0.15) is 5.75 Å². The summed E-state index contributed by atoms with van der Waals surface area (Å²) in [4.78, 5) is 14.6. The highest BCUT2D eigenvalue weighted by molar-refractivity contribution is 6.00. The van der Waals surface area contributed by atoms with Gasteiger partial charge in [-0.2, -0.15) is 0 Å². The predicted molar refractivity (Wildman–Crippen MR) is 78.4 cm³/mol. The van der Waals surface area contributed by atoms with Crippen LogP contribution in [0.3, 0.4) is 0 Å². The number of aliphatic hydroxyl groups is 1. The van der Waals surface area contributed by atoms with E-state index in [9.17, 15) is 4.79 Å². The quantitative estimate of drug-likeness (QED) is 0.775. The Morgan fingerprint density at radius 3 is 2.75 bits per heavy atom. The highest BCUT2D eigenvalue weighted by Crippen LogP contribution is 2.26. The number of benzene rings is 1. The van der Waals surface area contributed by atoms with Crippen molar-refractivity contribution in [1.29, 1.82) is 0 Å². The molecule has 1 N–H and O–H groups in total. The smallest absolute Gasteiger partial charge is 0.180 e. The lowest BCUT2D eigenvalue weighted by atomic mass is 9.91. The number of ether oxygens (including phenoxy) is 1. The lowest BCUT2D eigenvalue weighted by Gasteiger charge is -2.36. The third-order valence-corrected chi connectivity index (χ3v) is 3.98. The van der Waals surface area contributed by atoms with Crippen molar-refractivity contribution in [3.05, 3.63) is 29.3 Å². The molecule has 0 unspecified atom stereocenters. The summed E-state index contributed by atoms with van der Waals surface area (Å²) in [6.45, 7) is 2.98. The van der Waals surface area contributed by atoms with Gasteiger partial charge in [0.2, 0.25) is 0 Å². The number of carbonyl (C=O) groups excluding carboxylic acids is 1. The summed E-state index contributed by atoms with van der Waals surface area (Å²) in [6.07, 6.45) is 3.46. The monoisotopic (exact) mass is 277 g/mol. The van der Waals surface area contributed by atoms with Crippen molar-refractivity contribution in [2.24, 2.45) is 0 Å². The second-order valence-corrected chi connectivity index (χ2v) is 5.41. The number of carbonyl (C=O) groups is 1. The Morgan fingerprint density at radius 2 is 2.20 bits per heavy atom.